The lowest BCUT2D eigenvalue weighted by molar-refractivity contribution is -0.133. The van der Waals surface area contributed by atoms with Crippen LogP contribution in [0.2, 0.25) is 0 Å². The fourth-order valence-corrected chi connectivity index (χ4v) is 4.43. The highest BCUT2D eigenvalue weighted by Gasteiger charge is 2.34. The maximum atomic E-state index is 14.4. The van der Waals surface area contributed by atoms with Gasteiger partial charge in [-0.25, -0.2) is 14.0 Å². The number of hydrogen-bond donors (Lipinski definition) is 2. The summed E-state index contributed by atoms with van der Waals surface area (Å²) in [5.41, 5.74) is 2.65. The van der Waals surface area contributed by atoms with Gasteiger partial charge >= 0.3 is 12.1 Å². The number of benzene rings is 1. The van der Waals surface area contributed by atoms with Gasteiger partial charge in [0.15, 0.2) is 0 Å². The van der Waals surface area contributed by atoms with Gasteiger partial charge in [0.05, 0.1) is 24.3 Å². The molecule has 0 spiro atoms. The second-order valence-corrected chi connectivity index (χ2v) is 8.42. The minimum absolute atomic E-state index is 0.0368. The van der Waals surface area contributed by atoms with Gasteiger partial charge in [0.25, 0.3) is 0 Å². The van der Waals surface area contributed by atoms with E-state index in [1.807, 2.05) is 0 Å². The number of halogens is 1. The molecule has 1 atom stereocenters. The molecule has 1 saturated heterocycles. The zero-order chi connectivity index (χ0) is 23.8. The molecular formula is C23H24FN5O5. The van der Waals surface area contributed by atoms with Crippen LogP contribution in [0, 0.1) is 5.82 Å². The number of likely N-dealkylation sites (N-methyl/N-ethyl adjacent to an activating group) is 1. The molecule has 2 N–H and O–H groups in total. The van der Waals surface area contributed by atoms with Gasteiger partial charge < -0.3 is 25.0 Å². The van der Waals surface area contributed by atoms with Gasteiger partial charge in [-0.3, -0.25) is 9.69 Å². The summed E-state index contributed by atoms with van der Waals surface area (Å²) >= 11 is 0. The molecule has 0 aliphatic carbocycles. The zero-order valence-electron chi connectivity index (χ0n) is 18.6. The topological polar surface area (TPSA) is 113 Å². The van der Waals surface area contributed by atoms with E-state index in [1.165, 1.54) is 15.9 Å². The third-order valence-electron chi connectivity index (χ3n) is 6.19. The molecule has 3 aliphatic rings. The van der Waals surface area contributed by atoms with Crippen LogP contribution in [0.15, 0.2) is 24.3 Å². The summed E-state index contributed by atoms with van der Waals surface area (Å²) in [5, 5.41) is 6.16. The maximum absolute atomic E-state index is 14.4. The van der Waals surface area contributed by atoms with Crippen molar-refractivity contribution in [1.82, 2.24) is 10.3 Å². The first-order valence-corrected chi connectivity index (χ1v) is 11.1. The Morgan fingerprint density at radius 2 is 2.06 bits per heavy atom. The van der Waals surface area contributed by atoms with Crippen LogP contribution in [0.4, 0.5) is 26.4 Å². The smallest absolute Gasteiger partial charge is 0.415 e. The Kier molecular flexibility index (Phi) is 5.78. The van der Waals surface area contributed by atoms with E-state index in [0.29, 0.717) is 61.7 Å². The number of hydrogen-bond acceptors (Lipinski definition) is 8. The summed E-state index contributed by atoms with van der Waals surface area (Å²) in [6.07, 6.45) is 0.461. The SMILES string of the molecule is CN1C(=O)Cc2ccc(F)c(CCNCCC3CN(c4ccc5c(n4)OC(=O)CN5)C(=O)O3)c21. The summed E-state index contributed by atoms with van der Waals surface area (Å²) < 4.78 is 25.0. The van der Waals surface area contributed by atoms with E-state index < -0.39 is 12.1 Å². The monoisotopic (exact) mass is 469 g/mol. The molecule has 2 aromatic rings. The van der Waals surface area contributed by atoms with E-state index in [0.717, 1.165) is 5.56 Å². The van der Waals surface area contributed by atoms with Crippen LogP contribution in [0.1, 0.15) is 17.5 Å². The highest BCUT2D eigenvalue weighted by atomic mass is 19.1. The predicted octanol–water partition coefficient (Wildman–Crippen LogP) is 1.62. The molecule has 0 saturated carbocycles. The molecule has 10 nitrogen and oxygen atoms in total. The molecule has 11 heteroatoms. The molecule has 3 aliphatic heterocycles. The Morgan fingerprint density at radius 3 is 2.91 bits per heavy atom. The third kappa shape index (κ3) is 4.14. The van der Waals surface area contributed by atoms with Crippen LogP contribution in [0.5, 0.6) is 5.88 Å². The molecule has 2 amide bonds. The molecule has 1 unspecified atom stereocenters. The average Bonchev–Trinajstić information content (AvgIpc) is 3.33. The van der Waals surface area contributed by atoms with Crippen LogP contribution in [0.25, 0.3) is 0 Å². The number of anilines is 3. The van der Waals surface area contributed by atoms with Crippen LogP contribution >= 0.6 is 0 Å². The van der Waals surface area contributed by atoms with Gasteiger partial charge in [-0.1, -0.05) is 6.07 Å². The lowest BCUT2D eigenvalue weighted by Crippen LogP contribution is -2.29. The highest BCUT2D eigenvalue weighted by molar-refractivity contribution is 6.01. The molecule has 1 aromatic carbocycles. The molecule has 34 heavy (non-hydrogen) atoms. The van der Waals surface area contributed by atoms with E-state index in [-0.39, 0.29) is 30.3 Å². The van der Waals surface area contributed by atoms with E-state index >= 15 is 0 Å². The van der Waals surface area contributed by atoms with E-state index in [9.17, 15) is 18.8 Å². The van der Waals surface area contributed by atoms with Crippen molar-refractivity contribution >= 4 is 35.2 Å². The number of esters is 1. The first kappa shape index (κ1) is 22.1. The van der Waals surface area contributed by atoms with Gasteiger partial charge in [0.1, 0.15) is 24.3 Å². The van der Waals surface area contributed by atoms with Gasteiger partial charge in [-0.15, -0.1) is 0 Å². The van der Waals surface area contributed by atoms with Crippen molar-refractivity contribution in [3.8, 4) is 5.88 Å². The summed E-state index contributed by atoms with van der Waals surface area (Å²) in [5.74, 6) is -0.309. The minimum Gasteiger partial charge on any atom is -0.444 e. The Hall–Kier alpha value is -3.73. The largest absolute Gasteiger partial charge is 0.444 e. The van der Waals surface area contributed by atoms with Crippen molar-refractivity contribution in [2.24, 2.45) is 0 Å². The number of carbonyl (C=O) groups is 3. The van der Waals surface area contributed by atoms with Crippen LogP contribution in [0.3, 0.4) is 0 Å². The van der Waals surface area contributed by atoms with Crippen molar-refractivity contribution in [1.29, 1.82) is 0 Å². The van der Waals surface area contributed by atoms with Crippen LogP contribution in [-0.4, -0.2) is 62.3 Å². The lowest BCUT2D eigenvalue weighted by Gasteiger charge is -2.19. The maximum Gasteiger partial charge on any atom is 0.415 e. The number of cyclic esters (lactones) is 1. The number of pyridine rings is 1. The van der Waals surface area contributed by atoms with Crippen molar-refractivity contribution in [3.63, 3.8) is 0 Å². The minimum atomic E-state index is -0.512. The highest BCUT2D eigenvalue weighted by Crippen LogP contribution is 2.33. The van der Waals surface area contributed by atoms with Crippen LogP contribution in [-0.2, 0) is 27.2 Å². The number of rotatable bonds is 7. The van der Waals surface area contributed by atoms with Crippen molar-refractivity contribution in [3.05, 3.63) is 41.2 Å². The molecule has 0 radical (unpaired) electrons. The van der Waals surface area contributed by atoms with E-state index in [4.69, 9.17) is 9.47 Å². The number of aromatic nitrogens is 1. The molecule has 1 fully saturated rings. The van der Waals surface area contributed by atoms with Gasteiger partial charge in [0.2, 0.25) is 11.8 Å². The first-order chi connectivity index (χ1) is 16.4. The number of nitrogens with zero attached hydrogens (tertiary/aromatic N) is 3. The summed E-state index contributed by atoms with van der Waals surface area (Å²) in [6.45, 7) is 1.48. The third-order valence-corrected chi connectivity index (χ3v) is 6.19. The van der Waals surface area contributed by atoms with Gasteiger partial charge in [0, 0.05) is 12.6 Å². The molecule has 0 bridgehead atoms. The van der Waals surface area contributed by atoms with E-state index in [2.05, 4.69) is 15.6 Å². The average molecular weight is 469 g/mol. The van der Waals surface area contributed by atoms with Gasteiger partial charge in [-0.05, 0) is 49.7 Å². The number of ether oxygens (including phenoxy) is 2. The molecule has 178 valence electrons. The lowest BCUT2D eigenvalue weighted by atomic mass is 10.0. The number of carbonyl (C=O) groups excluding carboxylic acids is 3. The summed E-state index contributed by atoms with van der Waals surface area (Å²) in [7, 11) is 1.67. The normalized spacial score (nSPS) is 19.0. The second-order valence-electron chi connectivity index (χ2n) is 8.42. The second kappa shape index (κ2) is 8.90. The standard InChI is InChI=1S/C23H24FN5O5/c1-28-19(30)10-13-2-3-16(24)15(21(13)28)7-9-25-8-6-14-12-29(23(32)33-14)18-5-4-17-22(27-18)34-20(31)11-26-17/h2-5,14,25-26H,6-12H2,1H3. The van der Waals surface area contributed by atoms with Crippen molar-refractivity contribution < 1.29 is 28.2 Å². The molecular weight excluding hydrogens is 445 g/mol. The van der Waals surface area contributed by atoms with Gasteiger partial charge in [-0.2, -0.15) is 4.98 Å². The molecule has 1 aromatic heterocycles. The Morgan fingerprint density at radius 1 is 1.21 bits per heavy atom. The Balaban J connectivity index is 1.12. The number of nitrogens with one attached hydrogen (secondary N) is 2. The fraction of sp³-hybridized carbons (Fsp3) is 0.391. The summed E-state index contributed by atoms with van der Waals surface area (Å²) in [6, 6.07) is 6.46. The number of fused-ring (bicyclic) bond motifs is 2. The summed E-state index contributed by atoms with van der Waals surface area (Å²) in [4.78, 5) is 43.0. The predicted molar refractivity (Wildman–Crippen MR) is 121 cm³/mol. The molecule has 4 heterocycles. The first-order valence-electron chi connectivity index (χ1n) is 11.1. The Bertz CT molecular complexity index is 1170. The molecule has 5 rings (SSSR count). The Labute approximate surface area is 195 Å². The fourth-order valence-electron chi connectivity index (χ4n) is 4.43. The van der Waals surface area contributed by atoms with Crippen molar-refractivity contribution in [2.45, 2.75) is 25.4 Å². The van der Waals surface area contributed by atoms with E-state index in [1.54, 1.807) is 25.2 Å². The zero-order valence-corrected chi connectivity index (χ0v) is 18.6. The quantitative estimate of drug-likeness (QED) is 0.465. The van der Waals surface area contributed by atoms with Crippen molar-refractivity contribution in [2.75, 3.05) is 48.3 Å². The van der Waals surface area contributed by atoms with Crippen LogP contribution < -0.4 is 25.2 Å². The number of amides is 2.